The van der Waals surface area contributed by atoms with Crippen molar-refractivity contribution in [3.8, 4) is 5.75 Å². The number of hydrogen-bond donors (Lipinski definition) is 0. The molecule has 0 saturated heterocycles. The Balaban J connectivity index is 2.64. The van der Waals surface area contributed by atoms with Gasteiger partial charge in [-0.3, -0.25) is 4.79 Å². The average Bonchev–Trinajstić information content (AvgIpc) is 2.37. The Bertz CT molecular complexity index is 350. The number of alkyl halides is 1. The highest BCUT2D eigenvalue weighted by Crippen LogP contribution is 2.20. The van der Waals surface area contributed by atoms with Crippen LogP contribution in [-0.4, -0.2) is 18.3 Å². The van der Waals surface area contributed by atoms with Crippen LogP contribution in [0.2, 0.25) is 0 Å². The summed E-state index contributed by atoms with van der Waals surface area (Å²) in [6.07, 6.45) is 3.20. The van der Waals surface area contributed by atoms with Crippen LogP contribution in [0.4, 0.5) is 0 Å². The van der Waals surface area contributed by atoms with Crippen molar-refractivity contribution < 1.29 is 9.53 Å². The number of rotatable bonds is 8. The van der Waals surface area contributed by atoms with E-state index < -0.39 is 0 Å². The van der Waals surface area contributed by atoms with Gasteiger partial charge < -0.3 is 4.74 Å². The monoisotopic (exact) mass is 254 g/mol. The van der Waals surface area contributed by atoms with Crippen LogP contribution in [0, 0.1) is 0 Å². The van der Waals surface area contributed by atoms with Crippen molar-refractivity contribution in [2.45, 2.75) is 32.6 Å². The first kappa shape index (κ1) is 14.0. The lowest BCUT2D eigenvalue weighted by atomic mass is 10.0. The predicted octanol–water partition coefficient (Wildman–Crippen LogP) is 4.07. The second-order valence-electron chi connectivity index (χ2n) is 3.91. The normalized spacial score (nSPS) is 10.2. The third-order valence-corrected chi connectivity index (χ3v) is 2.70. The van der Waals surface area contributed by atoms with E-state index in [1.165, 1.54) is 0 Å². The molecule has 0 unspecified atom stereocenters. The van der Waals surface area contributed by atoms with Gasteiger partial charge in [0.25, 0.3) is 0 Å². The lowest BCUT2D eigenvalue weighted by molar-refractivity contribution is 0.0976. The first-order chi connectivity index (χ1) is 8.29. The number of Topliss-reactive ketones (excluding diaryl/α,β-unsaturated/α-hetero) is 1. The van der Waals surface area contributed by atoms with Gasteiger partial charge in [0.1, 0.15) is 5.75 Å². The lowest BCUT2D eigenvalue weighted by Gasteiger charge is -2.09. The number of benzene rings is 1. The van der Waals surface area contributed by atoms with Crippen LogP contribution in [-0.2, 0) is 0 Å². The van der Waals surface area contributed by atoms with E-state index in [0.29, 0.717) is 30.2 Å². The molecule has 0 atom stereocenters. The predicted molar refractivity (Wildman–Crippen MR) is 71.1 cm³/mol. The summed E-state index contributed by atoms with van der Waals surface area (Å²) in [7, 11) is 0. The maximum Gasteiger partial charge on any atom is 0.166 e. The topological polar surface area (TPSA) is 26.3 Å². The quantitative estimate of drug-likeness (QED) is 0.397. The molecule has 0 bridgehead atoms. The molecule has 0 aliphatic carbocycles. The molecule has 0 fully saturated rings. The molecular weight excluding hydrogens is 236 g/mol. The van der Waals surface area contributed by atoms with Gasteiger partial charge in [-0.15, -0.1) is 11.6 Å². The Kier molecular flexibility index (Phi) is 6.71. The van der Waals surface area contributed by atoms with E-state index in [9.17, 15) is 4.79 Å². The Morgan fingerprint density at radius 1 is 1.29 bits per heavy atom. The molecule has 0 heterocycles. The fraction of sp³-hybridized carbons (Fsp3) is 0.500. The van der Waals surface area contributed by atoms with Gasteiger partial charge >= 0.3 is 0 Å². The fourth-order valence-electron chi connectivity index (χ4n) is 1.55. The number of para-hydroxylation sites is 1. The van der Waals surface area contributed by atoms with Crippen molar-refractivity contribution in [2.75, 3.05) is 12.5 Å². The first-order valence-electron chi connectivity index (χ1n) is 6.10. The third-order valence-electron chi connectivity index (χ3n) is 2.44. The second-order valence-corrected chi connectivity index (χ2v) is 4.29. The number of carbonyl (C=O) groups is 1. The summed E-state index contributed by atoms with van der Waals surface area (Å²) in [5.74, 6) is 1.45. The molecule has 1 aromatic rings. The summed E-state index contributed by atoms with van der Waals surface area (Å²) in [4.78, 5) is 12.0. The van der Waals surface area contributed by atoms with Crippen LogP contribution >= 0.6 is 11.6 Å². The van der Waals surface area contributed by atoms with Gasteiger partial charge in [-0.05, 0) is 31.4 Å². The molecule has 0 N–H and O–H groups in total. The van der Waals surface area contributed by atoms with E-state index in [0.717, 1.165) is 19.3 Å². The molecule has 94 valence electrons. The largest absolute Gasteiger partial charge is 0.493 e. The summed E-state index contributed by atoms with van der Waals surface area (Å²) >= 11 is 5.59. The van der Waals surface area contributed by atoms with E-state index >= 15 is 0 Å². The van der Waals surface area contributed by atoms with E-state index in [-0.39, 0.29) is 5.78 Å². The molecule has 1 rings (SSSR count). The van der Waals surface area contributed by atoms with Crippen molar-refractivity contribution in [3.05, 3.63) is 29.8 Å². The van der Waals surface area contributed by atoms with Crippen molar-refractivity contribution in [1.29, 1.82) is 0 Å². The van der Waals surface area contributed by atoms with Crippen LogP contribution < -0.4 is 4.74 Å². The van der Waals surface area contributed by atoms with Crippen molar-refractivity contribution in [3.63, 3.8) is 0 Å². The van der Waals surface area contributed by atoms with Gasteiger partial charge in [0.05, 0.1) is 12.2 Å². The molecule has 0 radical (unpaired) electrons. The highest BCUT2D eigenvalue weighted by Gasteiger charge is 2.11. The lowest BCUT2D eigenvalue weighted by Crippen LogP contribution is -2.04. The maximum atomic E-state index is 12.0. The minimum Gasteiger partial charge on any atom is -0.493 e. The Morgan fingerprint density at radius 2 is 2.06 bits per heavy atom. The van der Waals surface area contributed by atoms with Crippen LogP contribution in [0.3, 0.4) is 0 Å². The zero-order valence-electron chi connectivity index (χ0n) is 10.2. The summed E-state index contributed by atoms with van der Waals surface area (Å²) in [5, 5.41) is 0. The van der Waals surface area contributed by atoms with Gasteiger partial charge in [0, 0.05) is 12.3 Å². The summed E-state index contributed by atoms with van der Waals surface area (Å²) in [6, 6.07) is 7.44. The van der Waals surface area contributed by atoms with Crippen molar-refractivity contribution in [2.24, 2.45) is 0 Å². The minimum absolute atomic E-state index is 0.141. The molecule has 0 amide bonds. The van der Waals surface area contributed by atoms with Gasteiger partial charge in [0.2, 0.25) is 0 Å². The van der Waals surface area contributed by atoms with Crippen LogP contribution in [0.25, 0.3) is 0 Å². The molecule has 0 aliphatic rings. The summed E-state index contributed by atoms with van der Waals surface area (Å²) < 4.78 is 5.57. The molecule has 1 aromatic carbocycles. The summed E-state index contributed by atoms with van der Waals surface area (Å²) in [6.45, 7) is 2.69. The Hall–Kier alpha value is -1.02. The summed E-state index contributed by atoms with van der Waals surface area (Å²) in [5.41, 5.74) is 0.690. The van der Waals surface area contributed by atoms with Gasteiger partial charge in [0.15, 0.2) is 5.78 Å². The van der Waals surface area contributed by atoms with E-state index in [2.05, 4.69) is 0 Å². The van der Waals surface area contributed by atoms with E-state index in [1.54, 1.807) is 0 Å². The highest BCUT2D eigenvalue weighted by atomic mass is 35.5. The van der Waals surface area contributed by atoms with E-state index in [1.807, 2.05) is 31.2 Å². The zero-order chi connectivity index (χ0) is 12.5. The molecule has 2 nitrogen and oxygen atoms in total. The third kappa shape index (κ3) is 4.78. The van der Waals surface area contributed by atoms with Crippen LogP contribution in [0.1, 0.15) is 43.0 Å². The Labute approximate surface area is 108 Å². The fourth-order valence-corrected chi connectivity index (χ4v) is 1.74. The van der Waals surface area contributed by atoms with Crippen molar-refractivity contribution >= 4 is 17.4 Å². The maximum absolute atomic E-state index is 12.0. The molecule has 3 heteroatoms. The number of unbranched alkanes of at least 4 members (excludes halogenated alkanes) is 1. The highest BCUT2D eigenvalue weighted by molar-refractivity contribution is 6.17. The number of ketones is 1. The van der Waals surface area contributed by atoms with Crippen LogP contribution in [0.15, 0.2) is 24.3 Å². The number of carbonyl (C=O) groups excluding carboxylic acids is 1. The van der Waals surface area contributed by atoms with Gasteiger partial charge in [-0.25, -0.2) is 0 Å². The number of halogens is 1. The molecule has 0 saturated carbocycles. The molecule has 17 heavy (non-hydrogen) atoms. The Morgan fingerprint density at radius 3 is 2.76 bits per heavy atom. The first-order valence-corrected chi connectivity index (χ1v) is 6.64. The molecule has 0 aromatic heterocycles. The van der Waals surface area contributed by atoms with Crippen LogP contribution in [0.5, 0.6) is 5.75 Å². The van der Waals surface area contributed by atoms with Gasteiger partial charge in [-0.2, -0.15) is 0 Å². The van der Waals surface area contributed by atoms with Gasteiger partial charge in [-0.1, -0.05) is 19.1 Å². The minimum atomic E-state index is 0.141. The molecular formula is C14H19ClO2. The van der Waals surface area contributed by atoms with E-state index in [4.69, 9.17) is 16.3 Å². The average molecular weight is 255 g/mol. The number of hydrogen-bond acceptors (Lipinski definition) is 2. The standard InChI is InChI=1S/C14H19ClO2/c1-2-11-17-14-9-4-3-7-12(14)13(16)8-5-6-10-15/h3-4,7,9H,2,5-6,8,10-11H2,1H3. The molecule has 0 spiro atoms. The number of ether oxygens (including phenoxy) is 1. The van der Waals surface area contributed by atoms with Crippen molar-refractivity contribution in [1.82, 2.24) is 0 Å². The SMILES string of the molecule is CCCOc1ccccc1C(=O)CCCCCl. The molecule has 0 aliphatic heterocycles. The zero-order valence-corrected chi connectivity index (χ0v) is 11.0. The smallest absolute Gasteiger partial charge is 0.166 e. The second kappa shape index (κ2) is 8.13.